The summed E-state index contributed by atoms with van der Waals surface area (Å²) in [6, 6.07) is 0. The summed E-state index contributed by atoms with van der Waals surface area (Å²) in [5.41, 5.74) is 4.83. The number of alkyl halides is 2. The molecule has 2 amide bonds. The van der Waals surface area contributed by atoms with Crippen LogP contribution < -0.4 is 5.73 Å². The number of halogens is 2. The van der Waals surface area contributed by atoms with Crippen LogP contribution in [0.2, 0.25) is 0 Å². The minimum absolute atomic E-state index is 0.0112. The van der Waals surface area contributed by atoms with Crippen LogP contribution in [0.4, 0.5) is 8.78 Å². The first kappa shape index (κ1) is 12.8. The van der Waals surface area contributed by atoms with Gasteiger partial charge in [-0.2, -0.15) is 8.78 Å². The Hall–Kier alpha value is -1.20. The lowest BCUT2D eigenvalue weighted by molar-refractivity contribution is -0.145. The summed E-state index contributed by atoms with van der Waals surface area (Å²) >= 11 is 0. The standard InChI is InChI=1S/C8H14F2N2O2/c1-5(2)3-12(4-6(11)13)8(14)7(9)10/h5,7H,3-4H2,1-2H3,(H2,11,13). The topological polar surface area (TPSA) is 63.4 Å². The molecule has 0 radical (unpaired) electrons. The third-order valence-corrected chi connectivity index (χ3v) is 1.43. The molecule has 0 rings (SSSR count). The molecule has 0 heterocycles. The minimum Gasteiger partial charge on any atom is -0.368 e. The van der Waals surface area contributed by atoms with Gasteiger partial charge >= 0.3 is 6.43 Å². The fraction of sp³-hybridized carbons (Fsp3) is 0.750. The summed E-state index contributed by atoms with van der Waals surface area (Å²) in [6.07, 6.45) is -3.09. The molecule has 2 N–H and O–H groups in total. The Morgan fingerprint density at radius 3 is 2.14 bits per heavy atom. The number of carbonyl (C=O) groups excluding carboxylic acids is 2. The Morgan fingerprint density at radius 2 is 1.86 bits per heavy atom. The van der Waals surface area contributed by atoms with E-state index in [-0.39, 0.29) is 12.5 Å². The first-order chi connectivity index (χ1) is 6.34. The van der Waals surface area contributed by atoms with E-state index in [4.69, 9.17) is 5.73 Å². The lowest BCUT2D eigenvalue weighted by atomic mass is 10.2. The number of hydrogen-bond donors (Lipinski definition) is 1. The van der Waals surface area contributed by atoms with Gasteiger partial charge in [-0.3, -0.25) is 9.59 Å². The fourth-order valence-corrected chi connectivity index (χ4v) is 0.999. The van der Waals surface area contributed by atoms with Gasteiger partial charge in [0.15, 0.2) is 0 Å². The first-order valence-electron chi connectivity index (χ1n) is 4.19. The summed E-state index contributed by atoms with van der Waals surface area (Å²) in [5.74, 6) is -2.13. The maximum atomic E-state index is 12.0. The lowest BCUT2D eigenvalue weighted by Crippen LogP contribution is -2.43. The van der Waals surface area contributed by atoms with Gasteiger partial charge in [-0.05, 0) is 5.92 Å². The third-order valence-electron chi connectivity index (χ3n) is 1.43. The summed E-state index contributed by atoms with van der Waals surface area (Å²) in [5, 5.41) is 0. The van der Waals surface area contributed by atoms with Gasteiger partial charge in [0.1, 0.15) is 0 Å². The highest BCUT2D eigenvalue weighted by molar-refractivity contribution is 5.85. The van der Waals surface area contributed by atoms with Crippen LogP contribution in [0.1, 0.15) is 13.8 Å². The Balaban J connectivity index is 4.38. The van der Waals surface area contributed by atoms with Crippen LogP contribution in [0.15, 0.2) is 0 Å². The number of nitrogens with two attached hydrogens (primary N) is 1. The van der Waals surface area contributed by atoms with Crippen molar-refractivity contribution in [3.8, 4) is 0 Å². The van der Waals surface area contributed by atoms with Crippen LogP contribution in [0.5, 0.6) is 0 Å². The summed E-state index contributed by atoms with van der Waals surface area (Å²) in [4.78, 5) is 22.2. The summed E-state index contributed by atoms with van der Waals surface area (Å²) < 4.78 is 24.1. The number of primary amides is 1. The van der Waals surface area contributed by atoms with Gasteiger partial charge in [0.2, 0.25) is 5.91 Å². The molecule has 0 spiro atoms. The largest absolute Gasteiger partial charge is 0.368 e. The summed E-state index contributed by atoms with van der Waals surface area (Å²) in [6.45, 7) is 3.16. The SMILES string of the molecule is CC(C)CN(CC(N)=O)C(=O)C(F)F. The number of rotatable bonds is 5. The Bertz CT molecular complexity index is 219. The molecule has 0 aromatic rings. The molecule has 6 heteroatoms. The maximum Gasteiger partial charge on any atom is 0.315 e. The average molecular weight is 208 g/mol. The smallest absolute Gasteiger partial charge is 0.315 e. The van der Waals surface area contributed by atoms with Crippen molar-refractivity contribution >= 4 is 11.8 Å². The van der Waals surface area contributed by atoms with Crippen molar-refractivity contribution in [1.82, 2.24) is 4.90 Å². The lowest BCUT2D eigenvalue weighted by Gasteiger charge is -2.22. The van der Waals surface area contributed by atoms with Crippen LogP contribution in [0.3, 0.4) is 0 Å². The van der Waals surface area contributed by atoms with Gasteiger partial charge in [0, 0.05) is 6.54 Å². The molecule has 0 aliphatic heterocycles. The van der Waals surface area contributed by atoms with E-state index in [1.807, 2.05) is 0 Å². The minimum atomic E-state index is -3.09. The van der Waals surface area contributed by atoms with Crippen molar-refractivity contribution in [1.29, 1.82) is 0 Å². The highest BCUT2D eigenvalue weighted by atomic mass is 19.3. The van der Waals surface area contributed by atoms with Crippen molar-refractivity contribution in [2.45, 2.75) is 20.3 Å². The molecular formula is C8H14F2N2O2. The van der Waals surface area contributed by atoms with Gasteiger partial charge < -0.3 is 10.6 Å². The molecule has 4 nitrogen and oxygen atoms in total. The monoisotopic (exact) mass is 208 g/mol. The average Bonchev–Trinajstić information content (AvgIpc) is 1.99. The van der Waals surface area contributed by atoms with E-state index >= 15 is 0 Å². The molecule has 0 saturated carbocycles. The highest BCUT2D eigenvalue weighted by Gasteiger charge is 2.24. The number of nitrogens with zero attached hydrogens (tertiary/aromatic N) is 1. The van der Waals surface area contributed by atoms with Crippen LogP contribution in [-0.4, -0.2) is 36.2 Å². The van der Waals surface area contributed by atoms with E-state index in [0.717, 1.165) is 4.90 Å². The van der Waals surface area contributed by atoms with Crippen molar-refractivity contribution in [2.24, 2.45) is 11.7 Å². The summed E-state index contributed by atoms with van der Waals surface area (Å²) in [7, 11) is 0. The van der Waals surface area contributed by atoms with Gasteiger partial charge in [-0.1, -0.05) is 13.8 Å². The zero-order valence-electron chi connectivity index (χ0n) is 8.17. The molecule has 0 bridgehead atoms. The van der Waals surface area contributed by atoms with E-state index in [1.165, 1.54) is 0 Å². The molecule has 0 aromatic carbocycles. The second-order valence-corrected chi connectivity index (χ2v) is 3.38. The van der Waals surface area contributed by atoms with Gasteiger partial charge in [0.25, 0.3) is 5.91 Å². The van der Waals surface area contributed by atoms with Crippen LogP contribution in [0.25, 0.3) is 0 Å². The van der Waals surface area contributed by atoms with E-state index in [1.54, 1.807) is 13.8 Å². The Kier molecular flexibility index (Phi) is 5.04. The van der Waals surface area contributed by atoms with Crippen molar-refractivity contribution in [3.63, 3.8) is 0 Å². The van der Waals surface area contributed by atoms with Crippen LogP contribution >= 0.6 is 0 Å². The molecular weight excluding hydrogens is 194 g/mol. The molecule has 0 aliphatic carbocycles. The van der Waals surface area contributed by atoms with E-state index < -0.39 is 24.8 Å². The van der Waals surface area contributed by atoms with Gasteiger partial charge in [-0.25, -0.2) is 0 Å². The van der Waals surface area contributed by atoms with Crippen molar-refractivity contribution < 1.29 is 18.4 Å². The van der Waals surface area contributed by atoms with Crippen LogP contribution in [0, 0.1) is 5.92 Å². The third kappa shape index (κ3) is 4.74. The molecule has 0 aliphatic rings. The fourth-order valence-electron chi connectivity index (χ4n) is 0.999. The molecule has 0 fully saturated rings. The van der Waals surface area contributed by atoms with Gasteiger partial charge in [0.05, 0.1) is 6.54 Å². The quantitative estimate of drug-likeness (QED) is 0.702. The van der Waals surface area contributed by atoms with Crippen molar-refractivity contribution in [3.05, 3.63) is 0 Å². The predicted octanol–water partition coefficient (Wildman–Crippen LogP) is 0.221. The molecule has 0 atom stereocenters. The Labute approximate surface area is 81.0 Å². The normalized spacial score (nSPS) is 10.7. The molecule has 0 unspecified atom stereocenters. The predicted molar refractivity (Wildman–Crippen MR) is 46.6 cm³/mol. The van der Waals surface area contributed by atoms with E-state index in [9.17, 15) is 18.4 Å². The van der Waals surface area contributed by atoms with Crippen molar-refractivity contribution in [2.75, 3.05) is 13.1 Å². The molecule has 0 saturated heterocycles. The highest BCUT2D eigenvalue weighted by Crippen LogP contribution is 2.04. The first-order valence-corrected chi connectivity index (χ1v) is 4.19. The molecule has 0 aromatic heterocycles. The number of carbonyl (C=O) groups is 2. The molecule has 14 heavy (non-hydrogen) atoms. The number of amides is 2. The Morgan fingerprint density at radius 1 is 1.36 bits per heavy atom. The number of hydrogen-bond acceptors (Lipinski definition) is 2. The molecule has 82 valence electrons. The van der Waals surface area contributed by atoms with E-state index in [0.29, 0.717) is 0 Å². The zero-order chi connectivity index (χ0) is 11.3. The second-order valence-electron chi connectivity index (χ2n) is 3.38. The van der Waals surface area contributed by atoms with E-state index in [2.05, 4.69) is 0 Å². The van der Waals surface area contributed by atoms with Gasteiger partial charge in [-0.15, -0.1) is 0 Å². The second kappa shape index (κ2) is 5.51. The van der Waals surface area contributed by atoms with Crippen LogP contribution in [-0.2, 0) is 9.59 Å². The zero-order valence-corrected chi connectivity index (χ0v) is 8.17. The maximum absolute atomic E-state index is 12.0.